The van der Waals surface area contributed by atoms with Crippen LogP contribution in [-0.2, 0) is 6.18 Å². The molecule has 0 spiro atoms. The number of ketones is 1. The van der Waals surface area contributed by atoms with Crippen LogP contribution in [0.5, 0.6) is 0 Å². The highest BCUT2D eigenvalue weighted by Crippen LogP contribution is 2.32. The van der Waals surface area contributed by atoms with Gasteiger partial charge in [0.2, 0.25) is 0 Å². The predicted molar refractivity (Wildman–Crippen MR) is 61.3 cm³/mol. The van der Waals surface area contributed by atoms with E-state index in [0.29, 0.717) is 0 Å². The SMILES string of the molecule is CC(N)C(=O)c1cccc2[nH]c(C(F)(F)F)cc12. The summed E-state index contributed by atoms with van der Waals surface area (Å²) in [6, 6.07) is 4.67. The molecule has 0 bridgehead atoms. The number of H-pyrrole nitrogens is 1. The second kappa shape index (κ2) is 4.13. The first-order valence-electron chi connectivity index (χ1n) is 5.29. The van der Waals surface area contributed by atoms with E-state index in [1.807, 2.05) is 0 Å². The van der Waals surface area contributed by atoms with Crippen molar-refractivity contribution >= 4 is 16.7 Å². The topological polar surface area (TPSA) is 58.9 Å². The number of hydrogen-bond donors (Lipinski definition) is 2. The lowest BCUT2D eigenvalue weighted by Gasteiger charge is -2.05. The maximum atomic E-state index is 12.6. The molecular formula is C12H11F3N2O. The zero-order valence-electron chi connectivity index (χ0n) is 9.51. The molecule has 1 atom stereocenters. The van der Waals surface area contributed by atoms with Crippen LogP contribution >= 0.6 is 0 Å². The fourth-order valence-electron chi connectivity index (χ4n) is 1.77. The Hall–Kier alpha value is -1.82. The van der Waals surface area contributed by atoms with E-state index in [2.05, 4.69) is 4.98 Å². The van der Waals surface area contributed by atoms with Crippen LogP contribution in [0.3, 0.4) is 0 Å². The summed E-state index contributed by atoms with van der Waals surface area (Å²) in [6.45, 7) is 1.50. The van der Waals surface area contributed by atoms with Gasteiger partial charge in [-0.1, -0.05) is 12.1 Å². The minimum atomic E-state index is -4.46. The van der Waals surface area contributed by atoms with Gasteiger partial charge in [-0.15, -0.1) is 0 Å². The van der Waals surface area contributed by atoms with Gasteiger partial charge in [-0.2, -0.15) is 13.2 Å². The van der Waals surface area contributed by atoms with E-state index in [0.717, 1.165) is 6.07 Å². The third kappa shape index (κ3) is 2.11. The summed E-state index contributed by atoms with van der Waals surface area (Å²) in [5, 5.41) is 0.243. The number of Topliss-reactive ketones (excluding diaryl/α,β-unsaturated/α-hetero) is 1. The van der Waals surface area contributed by atoms with E-state index >= 15 is 0 Å². The van der Waals surface area contributed by atoms with Gasteiger partial charge in [0, 0.05) is 16.5 Å². The van der Waals surface area contributed by atoms with Crippen molar-refractivity contribution < 1.29 is 18.0 Å². The Bertz CT molecular complexity index is 599. The largest absolute Gasteiger partial charge is 0.431 e. The molecule has 1 aromatic carbocycles. The highest BCUT2D eigenvalue weighted by atomic mass is 19.4. The molecule has 2 aromatic rings. The van der Waals surface area contributed by atoms with Crippen molar-refractivity contribution in [3.05, 3.63) is 35.5 Å². The Kier molecular flexibility index (Phi) is 2.90. The Labute approximate surface area is 101 Å². The molecular weight excluding hydrogens is 245 g/mol. The molecule has 0 fully saturated rings. The smallest absolute Gasteiger partial charge is 0.351 e. The van der Waals surface area contributed by atoms with Crippen molar-refractivity contribution in [2.75, 3.05) is 0 Å². The van der Waals surface area contributed by atoms with Crippen LogP contribution in [0.4, 0.5) is 13.2 Å². The number of carbonyl (C=O) groups excluding carboxylic acids is 1. The number of benzene rings is 1. The second-order valence-corrected chi connectivity index (χ2v) is 4.10. The molecule has 18 heavy (non-hydrogen) atoms. The quantitative estimate of drug-likeness (QED) is 0.811. The molecule has 0 aliphatic rings. The van der Waals surface area contributed by atoms with Crippen LogP contribution in [0.25, 0.3) is 10.9 Å². The number of rotatable bonds is 2. The number of fused-ring (bicyclic) bond motifs is 1. The van der Waals surface area contributed by atoms with Crippen LogP contribution in [0.2, 0.25) is 0 Å². The normalized spacial score (nSPS) is 13.8. The van der Waals surface area contributed by atoms with E-state index in [4.69, 9.17) is 5.73 Å². The standard InChI is InChI=1S/C12H11F3N2O/c1-6(16)11(18)7-3-2-4-9-8(7)5-10(17-9)12(13,14)15/h2-6,17H,16H2,1H3. The van der Waals surface area contributed by atoms with Gasteiger partial charge in [0.1, 0.15) is 5.69 Å². The van der Waals surface area contributed by atoms with E-state index in [-0.39, 0.29) is 22.2 Å². The Morgan fingerprint density at radius 1 is 1.39 bits per heavy atom. The lowest BCUT2D eigenvalue weighted by Crippen LogP contribution is -2.26. The molecule has 96 valence electrons. The van der Waals surface area contributed by atoms with Gasteiger partial charge in [-0.05, 0) is 19.1 Å². The fraction of sp³-hybridized carbons (Fsp3) is 0.250. The van der Waals surface area contributed by atoms with Crippen molar-refractivity contribution in [1.29, 1.82) is 0 Å². The summed E-state index contributed by atoms with van der Waals surface area (Å²) in [6.07, 6.45) is -4.46. The van der Waals surface area contributed by atoms with Crippen LogP contribution in [0, 0.1) is 0 Å². The number of hydrogen-bond acceptors (Lipinski definition) is 2. The summed E-state index contributed by atoms with van der Waals surface area (Å²) in [5.41, 5.74) is 5.07. The molecule has 1 aromatic heterocycles. The Morgan fingerprint density at radius 2 is 2.06 bits per heavy atom. The summed E-state index contributed by atoms with van der Waals surface area (Å²) in [5.74, 6) is -0.381. The van der Waals surface area contributed by atoms with Crippen LogP contribution in [0.1, 0.15) is 23.0 Å². The zero-order chi connectivity index (χ0) is 13.5. The number of carbonyl (C=O) groups is 1. The molecule has 3 N–H and O–H groups in total. The minimum Gasteiger partial charge on any atom is -0.351 e. The molecule has 1 unspecified atom stereocenters. The first kappa shape index (κ1) is 12.6. The van der Waals surface area contributed by atoms with E-state index in [9.17, 15) is 18.0 Å². The average Bonchev–Trinajstić information content (AvgIpc) is 2.70. The predicted octanol–water partition coefficient (Wildman–Crippen LogP) is 2.72. The number of alkyl halides is 3. The lowest BCUT2D eigenvalue weighted by atomic mass is 10.0. The average molecular weight is 256 g/mol. The van der Waals surface area contributed by atoms with Crippen LogP contribution < -0.4 is 5.73 Å². The van der Waals surface area contributed by atoms with Gasteiger partial charge in [0.15, 0.2) is 5.78 Å². The molecule has 0 radical (unpaired) electrons. The number of aromatic nitrogens is 1. The summed E-state index contributed by atoms with van der Waals surface area (Å²) in [4.78, 5) is 14.0. The third-order valence-corrected chi connectivity index (χ3v) is 2.65. The fourth-order valence-corrected chi connectivity index (χ4v) is 1.77. The molecule has 6 heteroatoms. The number of nitrogens with two attached hydrogens (primary N) is 1. The monoisotopic (exact) mass is 256 g/mol. The molecule has 0 aliphatic carbocycles. The van der Waals surface area contributed by atoms with Crippen molar-refractivity contribution in [3.63, 3.8) is 0 Å². The lowest BCUT2D eigenvalue weighted by molar-refractivity contribution is -0.140. The van der Waals surface area contributed by atoms with Gasteiger partial charge in [-0.25, -0.2) is 0 Å². The molecule has 3 nitrogen and oxygen atoms in total. The molecule has 2 rings (SSSR count). The van der Waals surface area contributed by atoms with Gasteiger partial charge >= 0.3 is 6.18 Å². The second-order valence-electron chi connectivity index (χ2n) is 4.10. The molecule has 0 aliphatic heterocycles. The van der Waals surface area contributed by atoms with Crippen molar-refractivity contribution in [2.45, 2.75) is 19.1 Å². The van der Waals surface area contributed by atoms with Gasteiger partial charge in [0.05, 0.1) is 6.04 Å². The van der Waals surface area contributed by atoms with E-state index in [1.165, 1.54) is 25.1 Å². The molecule has 0 saturated carbocycles. The number of nitrogens with one attached hydrogen (secondary N) is 1. The highest BCUT2D eigenvalue weighted by Gasteiger charge is 2.33. The minimum absolute atomic E-state index is 0.203. The molecule has 1 heterocycles. The van der Waals surface area contributed by atoms with Crippen LogP contribution in [0.15, 0.2) is 24.3 Å². The molecule has 0 amide bonds. The molecule has 0 saturated heterocycles. The van der Waals surface area contributed by atoms with Gasteiger partial charge in [0.25, 0.3) is 0 Å². The third-order valence-electron chi connectivity index (χ3n) is 2.65. The van der Waals surface area contributed by atoms with E-state index < -0.39 is 17.9 Å². The summed E-state index contributed by atoms with van der Waals surface area (Å²) >= 11 is 0. The summed E-state index contributed by atoms with van der Waals surface area (Å²) < 4.78 is 37.7. The van der Waals surface area contributed by atoms with Gasteiger partial charge < -0.3 is 10.7 Å². The van der Waals surface area contributed by atoms with Crippen LogP contribution in [-0.4, -0.2) is 16.8 Å². The van der Waals surface area contributed by atoms with Crippen molar-refractivity contribution in [2.24, 2.45) is 5.73 Å². The number of aromatic amines is 1. The first-order chi connectivity index (χ1) is 8.30. The first-order valence-corrected chi connectivity index (χ1v) is 5.29. The van der Waals surface area contributed by atoms with E-state index in [1.54, 1.807) is 0 Å². The Balaban J connectivity index is 2.63. The highest BCUT2D eigenvalue weighted by molar-refractivity contribution is 6.10. The maximum Gasteiger partial charge on any atom is 0.431 e. The van der Waals surface area contributed by atoms with Crippen molar-refractivity contribution in [1.82, 2.24) is 4.98 Å². The maximum absolute atomic E-state index is 12.6. The summed E-state index contributed by atoms with van der Waals surface area (Å²) in [7, 11) is 0. The Morgan fingerprint density at radius 3 is 2.61 bits per heavy atom. The zero-order valence-corrected chi connectivity index (χ0v) is 9.51. The van der Waals surface area contributed by atoms with Crippen molar-refractivity contribution in [3.8, 4) is 0 Å². The van der Waals surface area contributed by atoms with Gasteiger partial charge in [-0.3, -0.25) is 4.79 Å². The number of halogens is 3.